The fourth-order valence-electron chi connectivity index (χ4n) is 3.78. The zero-order chi connectivity index (χ0) is 22.9. The summed E-state index contributed by atoms with van der Waals surface area (Å²) >= 11 is 1.34. The summed E-state index contributed by atoms with van der Waals surface area (Å²) < 4.78 is 6.98. The number of nitrogens with one attached hydrogen (secondary N) is 2. The zero-order valence-corrected chi connectivity index (χ0v) is 19.5. The van der Waals surface area contributed by atoms with Gasteiger partial charge in [0.25, 0.3) is 5.91 Å². The lowest BCUT2D eigenvalue weighted by Crippen LogP contribution is -2.41. The molecule has 1 fully saturated rings. The number of rotatable bonds is 10. The quantitative estimate of drug-likeness (QED) is 0.420. The Bertz CT molecular complexity index is 928. The second-order valence-corrected chi connectivity index (χ2v) is 8.88. The minimum Gasteiger partial charge on any atom is -0.497 e. The van der Waals surface area contributed by atoms with Gasteiger partial charge in [0, 0.05) is 18.2 Å². The van der Waals surface area contributed by atoms with Crippen LogP contribution in [0, 0.1) is 5.92 Å². The van der Waals surface area contributed by atoms with Crippen LogP contribution < -0.4 is 15.4 Å². The molecule has 172 valence electrons. The molecule has 0 spiro atoms. The van der Waals surface area contributed by atoms with Crippen molar-refractivity contribution >= 4 is 23.6 Å². The molecule has 0 bridgehead atoms. The van der Waals surface area contributed by atoms with Crippen molar-refractivity contribution in [1.82, 2.24) is 25.4 Å². The molecule has 1 aromatic heterocycles. The maximum absolute atomic E-state index is 12.4. The van der Waals surface area contributed by atoms with Gasteiger partial charge in [-0.05, 0) is 43.0 Å². The van der Waals surface area contributed by atoms with Gasteiger partial charge >= 0.3 is 0 Å². The zero-order valence-electron chi connectivity index (χ0n) is 18.7. The number of methoxy groups -OCH3 is 1. The number of amides is 2. The summed E-state index contributed by atoms with van der Waals surface area (Å²) in [5.74, 6) is 1.89. The minimum atomic E-state index is -0.212. The Morgan fingerprint density at radius 3 is 2.69 bits per heavy atom. The van der Waals surface area contributed by atoms with Gasteiger partial charge in [-0.1, -0.05) is 37.6 Å². The van der Waals surface area contributed by atoms with Gasteiger partial charge in [-0.25, -0.2) is 0 Å². The molecule has 2 aromatic rings. The Morgan fingerprint density at radius 1 is 1.25 bits per heavy atom. The Labute approximate surface area is 193 Å². The van der Waals surface area contributed by atoms with Crippen LogP contribution in [-0.4, -0.2) is 45.5 Å². The molecule has 3 rings (SSSR count). The van der Waals surface area contributed by atoms with Crippen molar-refractivity contribution < 1.29 is 14.3 Å². The number of allylic oxidation sites excluding steroid dienone is 1. The molecule has 1 aliphatic rings. The molecule has 32 heavy (non-hydrogen) atoms. The topological polar surface area (TPSA) is 98.1 Å². The lowest BCUT2D eigenvalue weighted by molar-refractivity contribution is -0.119. The fraction of sp³-hybridized carbons (Fsp3) is 0.478. The highest BCUT2D eigenvalue weighted by atomic mass is 32.2. The highest BCUT2D eigenvalue weighted by Gasteiger charge is 2.23. The van der Waals surface area contributed by atoms with Crippen LogP contribution in [0.4, 0.5) is 0 Å². The molecule has 1 heterocycles. The van der Waals surface area contributed by atoms with Crippen molar-refractivity contribution in [3.05, 3.63) is 48.3 Å². The van der Waals surface area contributed by atoms with Crippen LogP contribution in [0.2, 0.25) is 0 Å². The largest absolute Gasteiger partial charge is 0.497 e. The van der Waals surface area contributed by atoms with Gasteiger partial charge in [-0.3, -0.25) is 9.59 Å². The molecule has 2 N–H and O–H groups in total. The van der Waals surface area contributed by atoms with Gasteiger partial charge in [0.2, 0.25) is 5.91 Å². The first-order valence-corrected chi connectivity index (χ1v) is 11.9. The van der Waals surface area contributed by atoms with Crippen LogP contribution in [-0.2, 0) is 17.9 Å². The molecular formula is C23H31N5O3S. The Kier molecular flexibility index (Phi) is 8.72. The van der Waals surface area contributed by atoms with Crippen molar-refractivity contribution in [1.29, 1.82) is 0 Å². The van der Waals surface area contributed by atoms with E-state index in [4.69, 9.17) is 4.74 Å². The molecule has 2 atom stereocenters. The molecule has 0 aliphatic heterocycles. The second-order valence-electron chi connectivity index (χ2n) is 7.93. The summed E-state index contributed by atoms with van der Waals surface area (Å²) in [6.07, 6.45) is 6.36. The number of hydrogen-bond acceptors (Lipinski definition) is 6. The number of thioether (sulfide) groups is 1. The predicted molar refractivity (Wildman–Crippen MR) is 125 cm³/mol. The molecule has 0 radical (unpaired) electrons. The summed E-state index contributed by atoms with van der Waals surface area (Å²) in [7, 11) is 1.58. The molecule has 9 heteroatoms. The molecule has 2 amide bonds. The second kappa shape index (κ2) is 11.7. The SMILES string of the molecule is C=CCn1c(CNC(=O)c2ccc(OC)cc2)nnc1SCC(=O)N[C@@H]1CCCC[C@H]1C. The number of nitrogens with zero attached hydrogens (tertiary/aromatic N) is 3. The third-order valence-corrected chi connectivity index (χ3v) is 6.62. The van der Waals surface area contributed by atoms with E-state index in [-0.39, 0.29) is 30.2 Å². The first-order valence-electron chi connectivity index (χ1n) is 10.9. The van der Waals surface area contributed by atoms with Gasteiger partial charge in [0.1, 0.15) is 5.75 Å². The van der Waals surface area contributed by atoms with Gasteiger partial charge in [0.15, 0.2) is 11.0 Å². The van der Waals surface area contributed by atoms with Crippen LogP contribution >= 0.6 is 11.8 Å². The monoisotopic (exact) mass is 457 g/mol. The van der Waals surface area contributed by atoms with Gasteiger partial charge in [-0.15, -0.1) is 16.8 Å². The van der Waals surface area contributed by atoms with E-state index in [1.807, 2.05) is 4.57 Å². The van der Waals surface area contributed by atoms with Crippen LogP contribution in [0.1, 0.15) is 48.8 Å². The predicted octanol–water partition coefficient (Wildman–Crippen LogP) is 3.19. The number of carbonyl (C=O) groups excluding carboxylic acids is 2. The Morgan fingerprint density at radius 2 is 2.00 bits per heavy atom. The number of hydrogen-bond donors (Lipinski definition) is 2. The summed E-state index contributed by atoms with van der Waals surface area (Å²) in [4.78, 5) is 24.9. The number of aromatic nitrogens is 3. The first kappa shape index (κ1) is 23.8. The van der Waals surface area contributed by atoms with Gasteiger partial charge < -0.3 is 19.9 Å². The number of ether oxygens (including phenoxy) is 1. The molecule has 8 nitrogen and oxygen atoms in total. The lowest BCUT2D eigenvalue weighted by atomic mass is 9.86. The average molecular weight is 458 g/mol. The number of benzene rings is 1. The van der Waals surface area contributed by atoms with Crippen LogP contribution in [0.15, 0.2) is 42.1 Å². The van der Waals surface area contributed by atoms with Crippen LogP contribution in [0.3, 0.4) is 0 Å². The first-order chi connectivity index (χ1) is 15.5. The third kappa shape index (κ3) is 6.35. The van der Waals surface area contributed by atoms with Crippen molar-refractivity contribution in [3.63, 3.8) is 0 Å². The third-order valence-electron chi connectivity index (χ3n) is 5.65. The molecular weight excluding hydrogens is 426 g/mol. The van der Waals surface area contributed by atoms with E-state index < -0.39 is 0 Å². The van der Waals surface area contributed by atoms with Crippen LogP contribution in [0.25, 0.3) is 0 Å². The summed E-state index contributed by atoms with van der Waals surface area (Å²) in [6, 6.07) is 7.14. The highest BCUT2D eigenvalue weighted by Crippen LogP contribution is 2.24. The van der Waals surface area contributed by atoms with E-state index in [2.05, 4.69) is 34.3 Å². The summed E-state index contributed by atoms with van der Waals surface area (Å²) in [5, 5.41) is 15.1. The molecule has 1 aromatic carbocycles. The Balaban J connectivity index is 1.56. The van der Waals surface area contributed by atoms with Crippen LogP contribution in [0.5, 0.6) is 5.75 Å². The average Bonchev–Trinajstić information content (AvgIpc) is 3.19. The number of carbonyl (C=O) groups is 2. The molecule has 0 saturated heterocycles. The standard InChI is InChI=1S/C23H31N5O3S/c1-4-13-28-20(14-24-22(30)17-9-11-18(31-3)12-10-17)26-27-23(28)32-15-21(29)25-19-8-6-5-7-16(19)2/h4,9-12,16,19H,1,5-8,13-15H2,2-3H3,(H,24,30)(H,25,29)/t16-,19-/m1/s1. The van der Waals surface area contributed by atoms with Crippen molar-refractivity contribution in [3.8, 4) is 5.75 Å². The summed E-state index contributed by atoms with van der Waals surface area (Å²) in [5.41, 5.74) is 0.531. The van der Waals surface area contributed by atoms with Gasteiger partial charge in [-0.2, -0.15) is 0 Å². The van der Waals surface area contributed by atoms with Gasteiger partial charge in [0.05, 0.1) is 19.4 Å². The maximum atomic E-state index is 12.4. The highest BCUT2D eigenvalue weighted by molar-refractivity contribution is 7.99. The summed E-state index contributed by atoms with van der Waals surface area (Å²) in [6.45, 7) is 6.70. The Hall–Kier alpha value is -2.81. The van der Waals surface area contributed by atoms with E-state index in [1.165, 1.54) is 24.6 Å². The lowest BCUT2D eigenvalue weighted by Gasteiger charge is -2.29. The minimum absolute atomic E-state index is 0.0104. The van der Waals surface area contributed by atoms with Crippen molar-refractivity contribution in [2.75, 3.05) is 12.9 Å². The molecule has 0 unspecified atom stereocenters. The van der Waals surface area contributed by atoms with E-state index in [9.17, 15) is 9.59 Å². The van der Waals surface area contributed by atoms with E-state index in [0.717, 1.165) is 12.8 Å². The molecule has 1 aliphatic carbocycles. The van der Waals surface area contributed by atoms with E-state index in [0.29, 0.717) is 34.8 Å². The fourth-order valence-corrected chi connectivity index (χ4v) is 4.56. The smallest absolute Gasteiger partial charge is 0.251 e. The van der Waals surface area contributed by atoms with Crippen molar-refractivity contribution in [2.24, 2.45) is 5.92 Å². The van der Waals surface area contributed by atoms with E-state index >= 15 is 0 Å². The normalized spacial score (nSPS) is 18.1. The van der Waals surface area contributed by atoms with E-state index in [1.54, 1.807) is 37.5 Å². The van der Waals surface area contributed by atoms with Crippen molar-refractivity contribution in [2.45, 2.75) is 56.9 Å². The molecule has 1 saturated carbocycles. The maximum Gasteiger partial charge on any atom is 0.251 e.